The van der Waals surface area contributed by atoms with Gasteiger partial charge in [0, 0.05) is 24.9 Å². The van der Waals surface area contributed by atoms with E-state index in [1.807, 2.05) is 24.3 Å². The van der Waals surface area contributed by atoms with Gasteiger partial charge in [-0.1, -0.05) is 31.9 Å². The number of nitrogens with one attached hydrogen (secondary N) is 2. The molecule has 0 bridgehead atoms. The van der Waals surface area contributed by atoms with Crippen LogP contribution in [-0.4, -0.2) is 32.0 Å². The van der Waals surface area contributed by atoms with Crippen LogP contribution in [0.15, 0.2) is 24.3 Å². The first kappa shape index (κ1) is 21.3. The van der Waals surface area contributed by atoms with Crippen molar-refractivity contribution in [3.8, 4) is 5.75 Å². The largest absolute Gasteiger partial charge is 0.497 e. The van der Waals surface area contributed by atoms with Crippen molar-refractivity contribution in [2.24, 2.45) is 11.8 Å². The van der Waals surface area contributed by atoms with Crippen molar-refractivity contribution in [2.45, 2.75) is 58.3 Å². The first-order chi connectivity index (χ1) is 13.1. The Morgan fingerprint density at radius 3 is 2.00 bits per heavy atom. The Morgan fingerprint density at radius 2 is 1.48 bits per heavy atom. The maximum Gasteiger partial charge on any atom is 0.223 e. The quantitative estimate of drug-likeness (QED) is 0.616. The molecule has 27 heavy (non-hydrogen) atoms. The van der Waals surface area contributed by atoms with E-state index in [0.717, 1.165) is 63.7 Å². The Hall–Kier alpha value is -2.04. The third-order valence-electron chi connectivity index (χ3n) is 5.42. The lowest BCUT2D eigenvalue weighted by atomic mass is 9.81. The Bertz CT molecular complexity index is 578. The smallest absolute Gasteiger partial charge is 0.223 e. The van der Waals surface area contributed by atoms with Gasteiger partial charge in [0.25, 0.3) is 0 Å². The Kier molecular flexibility index (Phi) is 9.16. The maximum absolute atomic E-state index is 12.4. The molecule has 1 saturated carbocycles. The molecule has 1 aliphatic rings. The SMILES string of the molecule is CCCCCNC(=O)C1CCC(C(=O)NCCc2ccc(OC)cc2)CC1. The summed E-state index contributed by atoms with van der Waals surface area (Å²) in [5, 5.41) is 6.09. The Balaban J connectivity index is 1.63. The molecule has 0 unspecified atom stereocenters. The summed E-state index contributed by atoms with van der Waals surface area (Å²) < 4.78 is 5.15. The summed E-state index contributed by atoms with van der Waals surface area (Å²) in [4.78, 5) is 24.6. The zero-order valence-electron chi connectivity index (χ0n) is 16.8. The monoisotopic (exact) mass is 374 g/mol. The second kappa shape index (κ2) is 11.6. The van der Waals surface area contributed by atoms with Gasteiger partial charge in [0.15, 0.2) is 0 Å². The standard InChI is InChI=1S/C22H34N2O3/c1-3-4-5-15-23-21(25)18-8-10-19(11-9-18)22(26)24-16-14-17-6-12-20(27-2)13-7-17/h6-7,12-13,18-19H,3-5,8-11,14-16H2,1-2H3,(H,23,25)(H,24,26). The van der Waals surface area contributed by atoms with Gasteiger partial charge in [-0.2, -0.15) is 0 Å². The summed E-state index contributed by atoms with van der Waals surface area (Å²) in [6.07, 6.45) is 7.42. The zero-order valence-corrected chi connectivity index (χ0v) is 16.8. The fourth-order valence-corrected chi connectivity index (χ4v) is 3.62. The summed E-state index contributed by atoms with van der Waals surface area (Å²) in [7, 11) is 1.65. The average Bonchev–Trinajstić information content (AvgIpc) is 2.71. The molecule has 5 nitrogen and oxygen atoms in total. The number of ether oxygens (including phenoxy) is 1. The van der Waals surface area contributed by atoms with E-state index in [0.29, 0.717) is 6.54 Å². The molecule has 1 aliphatic carbocycles. The van der Waals surface area contributed by atoms with E-state index in [4.69, 9.17) is 4.74 Å². The van der Waals surface area contributed by atoms with Crippen molar-refractivity contribution in [1.82, 2.24) is 10.6 Å². The van der Waals surface area contributed by atoms with Gasteiger partial charge in [0.2, 0.25) is 11.8 Å². The molecule has 150 valence electrons. The molecule has 2 amide bonds. The predicted octanol–water partition coefficient (Wildman–Crippen LogP) is 3.47. The third-order valence-corrected chi connectivity index (χ3v) is 5.42. The molecule has 0 aromatic heterocycles. The number of carbonyl (C=O) groups excluding carboxylic acids is 2. The van der Waals surface area contributed by atoms with Crippen molar-refractivity contribution in [3.63, 3.8) is 0 Å². The van der Waals surface area contributed by atoms with Crippen LogP contribution in [0, 0.1) is 11.8 Å². The third kappa shape index (κ3) is 7.24. The fourth-order valence-electron chi connectivity index (χ4n) is 3.62. The Morgan fingerprint density at radius 1 is 0.926 bits per heavy atom. The van der Waals surface area contributed by atoms with Crippen molar-refractivity contribution < 1.29 is 14.3 Å². The van der Waals surface area contributed by atoms with Crippen molar-refractivity contribution >= 4 is 11.8 Å². The van der Waals surface area contributed by atoms with Crippen LogP contribution in [-0.2, 0) is 16.0 Å². The van der Waals surface area contributed by atoms with Crippen LogP contribution in [0.2, 0.25) is 0 Å². The number of hydrogen-bond acceptors (Lipinski definition) is 3. The molecule has 2 rings (SSSR count). The molecule has 0 radical (unpaired) electrons. The zero-order chi connectivity index (χ0) is 19.5. The number of amides is 2. The van der Waals surface area contributed by atoms with Crippen LogP contribution < -0.4 is 15.4 Å². The highest BCUT2D eigenvalue weighted by Gasteiger charge is 2.29. The minimum atomic E-state index is 0.0463. The summed E-state index contributed by atoms with van der Waals surface area (Å²) in [6.45, 7) is 3.58. The van der Waals surface area contributed by atoms with E-state index in [1.165, 1.54) is 5.56 Å². The number of rotatable bonds is 10. The average molecular weight is 375 g/mol. The predicted molar refractivity (Wildman–Crippen MR) is 108 cm³/mol. The molecule has 0 spiro atoms. The molecular weight excluding hydrogens is 340 g/mol. The lowest BCUT2D eigenvalue weighted by Gasteiger charge is -2.27. The van der Waals surface area contributed by atoms with Crippen LogP contribution >= 0.6 is 0 Å². The van der Waals surface area contributed by atoms with Crippen LogP contribution in [0.5, 0.6) is 5.75 Å². The first-order valence-electron chi connectivity index (χ1n) is 10.3. The molecule has 1 aromatic carbocycles. The van der Waals surface area contributed by atoms with Gasteiger partial charge < -0.3 is 15.4 Å². The van der Waals surface area contributed by atoms with E-state index in [9.17, 15) is 9.59 Å². The lowest BCUT2D eigenvalue weighted by Crippen LogP contribution is -2.38. The molecule has 1 aromatic rings. The van der Waals surface area contributed by atoms with E-state index in [1.54, 1.807) is 7.11 Å². The topological polar surface area (TPSA) is 67.4 Å². The van der Waals surface area contributed by atoms with Crippen LogP contribution in [0.4, 0.5) is 0 Å². The molecule has 2 N–H and O–H groups in total. The number of benzene rings is 1. The second-order valence-electron chi connectivity index (χ2n) is 7.44. The molecule has 0 atom stereocenters. The van der Waals surface area contributed by atoms with E-state index >= 15 is 0 Å². The van der Waals surface area contributed by atoms with Crippen molar-refractivity contribution in [1.29, 1.82) is 0 Å². The highest BCUT2D eigenvalue weighted by atomic mass is 16.5. The van der Waals surface area contributed by atoms with Gasteiger partial charge in [-0.3, -0.25) is 9.59 Å². The number of hydrogen-bond donors (Lipinski definition) is 2. The van der Waals surface area contributed by atoms with Gasteiger partial charge in [-0.05, 0) is 56.2 Å². The molecule has 5 heteroatoms. The van der Waals surface area contributed by atoms with Crippen LogP contribution in [0.25, 0.3) is 0 Å². The summed E-state index contributed by atoms with van der Waals surface area (Å²) in [6, 6.07) is 7.92. The normalized spacial score (nSPS) is 19.3. The summed E-state index contributed by atoms with van der Waals surface area (Å²) >= 11 is 0. The minimum Gasteiger partial charge on any atom is -0.497 e. The van der Waals surface area contributed by atoms with E-state index in [2.05, 4.69) is 17.6 Å². The fraction of sp³-hybridized carbons (Fsp3) is 0.636. The maximum atomic E-state index is 12.4. The van der Waals surface area contributed by atoms with Gasteiger partial charge in [-0.15, -0.1) is 0 Å². The second-order valence-corrected chi connectivity index (χ2v) is 7.44. The molecule has 0 aliphatic heterocycles. The Labute approximate surface area is 163 Å². The number of methoxy groups -OCH3 is 1. The molecule has 1 fully saturated rings. The number of carbonyl (C=O) groups is 2. The van der Waals surface area contributed by atoms with Crippen molar-refractivity contribution in [3.05, 3.63) is 29.8 Å². The highest BCUT2D eigenvalue weighted by molar-refractivity contribution is 5.81. The molecule has 0 heterocycles. The minimum absolute atomic E-state index is 0.0463. The summed E-state index contributed by atoms with van der Waals surface area (Å²) in [5.41, 5.74) is 1.18. The van der Waals surface area contributed by atoms with Crippen LogP contribution in [0.1, 0.15) is 57.4 Å². The molecular formula is C22H34N2O3. The van der Waals surface area contributed by atoms with Gasteiger partial charge >= 0.3 is 0 Å². The van der Waals surface area contributed by atoms with E-state index < -0.39 is 0 Å². The van der Waals surface area contributed by atoms with Crippen molar-refractivity contribution in [2.75, 3.05) is 20.2 Å². The number of unbranched alkanes of at least 4 members (excludes halogenated alkanes) is 2. The van der Waals surface area contributed by atoms with Gasteiger partial charge in [0.05, 0.1) is 7.11 Å². The molecule has 0 saturated heterocycles. The summed E-state index contributed by atoms with van der Waals surface area (Å²) in [5.74, 6) is 1.27. The lowest BCUT2D eigenvalue weighted by molar-refractivity contribution is -0.130. The van der Waals surface area contributed by atoms with Gasteiger partial charge in [-0.25, -0.2) is 0 Å². The van der Waals surface area contributed by atoms with Gasteiger partial charge in [0.1, 0.15) is 5.75 Å². The highest BCUT2D eigenvalue weighted by Crippen LogP contribution is 2.29. The van der Waals surface area contributed by atoms with Crippen LogP contribution in [0.3, 0.4) is 0 Å². The first-order valence-corrected chi connectivity index (χ1v) is 10.3. The van der Waals surface area contributed by atoms with E-state index in [-0.39, 0.29) is 23.7 Å².